The molecule has 2 fully saturated rings. The normalized spacial score (nSPS) is 21.8. The Balaban J connectivity index is 0.000000454. The van der Waals surface area contributed by atoms with Crippen LogP contribution in [-0.4, -0.2) is 42.2 Å². The van der Waals surface area contributed by atoms with Crippen molar-refractivity contribution in [2.75, 3.05) is 14.1 Å². The van der Waals surface area contributed by atoms with E-state index in [1.807, 2.05) is 70.9 Å². The van der Waals surface area contributed by atoms with Gasteiger partial charge in [-0.3, -0.25) is 0 Å². The van der Waals surface area contributed by atoms with E-state index in [0.717, 1.165) is 5.92 Å². The number of hydrogen-bond acceptors (Lipinski definition) is 3. The van der Waals surface area contributed by atoms with E-state index in [1.54, 1.807) is 6.42 Å². The van der Waals surface area contributed by atoms with Gasteiger partial charge in [0, 0.05) is 17.8 Å². The van der Waals surface area contributed by atoms with Crippen molar-refractivity contribution in [2.45, 2.75) is 13.0 Å². The third-order valence-electron chi connectivity index (χ3n) is 2.94. The molecule has 2 saturated carbocycles. The monoisotopic (exact) mass is 301 g/mol. The van der Waals surface area contributed by atoms with Gasteiger partial charge in [-0.25, -0.2) is 0 Å². The second kappa shape index (κ2) is 10.2. The largest absolute Gasteiger partial charge is 2.00 e. The summed E-state index contributed by atoms with van der Waals surface area (Å²) in [5.74, 6) is 1.57. The Morgan fingerprint density at radius 2 is 1.42 bits per heavy atom. The van der Waals surface area contributed by atoms with Gasteiger partial charge < -0.3 is 14.9 Å². The molecule has 10 radical (unpaired) electrons. The summed E-state index contributed by atoms with van der Waals surface area (Å²) in [6.07, 6.45) is 15.5. The van der Waals surface area contributed by atoms with Crippen molar-refractivity contribution in [1.29, 1.82) is 0 Å². The quantitative estimate of drug-likeness (QED) is 0.756. The molecule has 19 heavy (non-hydrogen) atoms. The minimum atomic E-state index is -1.37. The Bertz CT molecular complexity index is 218. The van der Waals surface area contributed by atoms with Crippen molar-refractivity contribution in [3.63, 3.8) is 0 Å². The van der Waals surface area contributed by atoms with Crippen molar-refractivity contribution in [1.82, 2.24) is 4.90 Å². The van der Waals surface area contributed by atoms with E-state index in [2.05, 4.69) is 0 Å². The smallest absolute Gasteiger partial charge is 0.427 e. The van der Waals surface area contributed by atoms with Crippen molar-refractivity contribution >= 4 is 7.12 Å². The summed E-state index contributed by atoms with van der Waals surface area (Å²) in [6.45, 7) is 2.03. The predicted octanol–water partition coefficient (Wildman–Crippen LogP) is 0.743. The van der Waals surface area contributed by atoms with Crippen LogP contribution in [0.4, 0.5) is 0 Å². The molecule has 0 amide bonds. The standard InChI is InChI=1S/C9H15BNO2.C5H5.Fe/c1-7(11(2)3)8-5-4-6-9(8)10(12)13;1-2-4-5-3-1;/h4-7,12-13H,1-3H3;1-5H;/q;;+2/t7-;;/m1../s1. The average Bonchev–Trinajstić information content (AvgIpc) is 3.01. The van der Waals surface area contributed by atoms with E-state index in [4.69, 9.17) is 10.0 Å². The Labute approximate surface area is 129 Å². The maximum absolute atomic E-state index is 9.06. The third-order valence-corrected chi connectivity index (χ3v) is 2.94. The van der Waals surface area contributed by atoms with Gasteiger partial charge in [0.15, 0.2) is 0 Å². The first-order valence-electron chi connectivity index (χ1n) is 5.98. The maximum Gasteiger partial charge on any atom is 2.00 e. The first-order chi connectivity index (χ1) is 8.54. The zero-order chi connectivity index (χ0) is 13.5. The van der Waals surface area contributed by atoms with Gasteiger partial charge >= 0.3 is 24.2 Å². The van der Waals surface area contributed by atoms with Gasteiger partial charge in [-0.05, 0) is 72.4 Å². The molecule has 2 N–H and O–H groups in total. The van der Waals surface area contributed by atoms with Crippen LogP contribution in [0, 0.1) is 63.1 Å². The van der Waals surface area contributed by atoms with Crippen molar-refractivity contribution in [2.24, 2.45) is 0 Å². The summed E-state index contributed by atoms with van der Waals surface area (Å²) in [7, 11) is 2.56. The molecule has 0 aromatic heterocycles. The summed E-state index contributed by atoms with van der Waals surface area (Å²) >= 11 is 0. The van der Waals surface area contributed by atoms with Crippen LogP contribution in [0.5, 0.6) is 0 Å². The predicted molar refractivity (Wildman–Crippen MR) is 74.2 cm³/mol. The minimum absolute atomic E-state index is 0. The van der Waals surface area contributed by atoms with Gasteiger partial charge in [0.1, 0.15) is 0 Å². The first kappa shape index (κ1) is 19.5. The summed E-state index contributed by atoms with van der Waals surface area (Å²) in [4.78, 5) is 2.03. The molecule has 0 saturated heterocycles. The average molecular weight is 301 g/mol. The van der Waals surface area contributed by atoms with E-state index in [9.17, 15) is 0 Å². The van der Waals surface area contributed by atoms with Gasteiger partial charge in [0.25, 0.3) is 0 Å². The molecule has 0 heterocycles. The van der Waals surface area contributed by atoms with E-state index >= 15 is 0 Å². The molecule has 0 aromatic carbocycles. The molecular formula is C14H20BFeNO2+2. The zero-order valence-corrected chi connectivity index (χ0v) is 12.6. The van der Waals surface area contributed by atoms with Gasteiger partial charge in [0.2, 0.25) is 0 Å². The fraction of sp³-hybridized carbons (Fsp3) is 0.286. The molecule has 0 aromatic rings. The number of rotatable bonds is 3. The van der Waals surface area contributed by atoms with E-state index in [0.29, 0.717) is 5.82 Å². The van der Waals surface area contributed by atoms with Crippen LogP contribution >= 0.6 is 0 Å². The molecule has 0 aliphatic heterocycles. The second-order valence-electron chi connectivity index (χ2n) is 4.41. The van der Waals surface area contributed by atoms with Crippen LogP contribution in [0.1, 0.15) is 6.92 Å². The molecule has 2 rings (SSSR count). The first-order valence-corrected chi connectivity index (χ1v) is 5.98. The Morgan fingerprint density at radius 1 is 0.947 bits per heavy atom. The molecular weight excluding hydrogens is 281 g/mol. The molecule has 0 spiro atoms. The molecule has 2 aliphatic rings. The SMILES string of the molecule is C[C@H]([C]1[CH][CH][CH][C]1B(O)O)N(C)C.[CH]1[CH][CH][CH][CH]1.[Fe+2]. The molecule has 102 valence electrons. The molecule has 1 atom stereocenters. The van der Waals surface area contributed by atoms with E-state index < -0.39 is 7.12 Å². The zero-order valence-electron chi connectivity index (χ0n) is 11.5. The van der Waals surface area contributed by atoms with Crippen LogP contribution in [-0.2, 0) is 17.1 Å². The summed E-state index contributed by atoms with van der Waals surface area (Å²) in [5, 5.41) is 18.1. The summed E-state index contributed by atoms with van der Waals surface area (Å²) in [6, 6.07) is 0.201. The topological polar surface area (TPSA) is 43.7 Å². The Hall–Kier alpha value is 0.464. The van der Waals surface area contributed by atoms with Gasteiger partial charge in [-0.2, -0.15) is 0 Å². The minimum Gasteiger partial charge on any atom is -0.427 e. The summed E-state index contributed by atoms with van der Waals surface area (Å²) in [5.41, 5.74) is 0. The summed E-state index contributed by atoms with van der Waals surface area (Å²) < 4.78 is 0. The second-order valence-corrected chi connectivity index (χ2v) is 4.41. The van der Waals surface area contributed by atoms with Crippen LogP contribution in [0.15, 0.2) is 0 Å². The van der Waals surface area contributed by atoms with Crippen LogP contribution in [0.2, 0.25) is 0 Å². The number of nitrogens with zero attached hydrogens (tertiary/aromatic N) is 1. The van der Waals surface area contributed by atoms with E-state index in [-0.39, 0.29) is 23.1 Å². The van der Waals surface area contributed by atoms with Gasteiger partial charge in [-0.15, -0.1) is 0 Å². The van der Waals surface area contributed by atoms with Crippen molar-refractivity contribution < 1.29 is 27.1 Å². The fourth-order valence-corrected chi connectivity index (χ4v) is 1.66. The molecule has 3 nitrogen and oxygen atoms in total. The van der Waals surface area contributed by atoms with Crippen LogP contribution in [0.3, 0.4) is 0 Å². The molecule has 2 aliphatic carbocycles. The van der Waals surface area contributed by atoms with Crippen molar-refractivity contribution in [3.05, 3.63) is 63.1 Å². The Kier molecular flexibility index (Phi) is 10.5. The molecule has 0 bridgehead atoms. The van der Waals surface area contributed by atoms with E-state index in [1.165, 1.54) is 0 Å². The van der Waals surface area contributed by atoms with Gasteiger partial charge in [-0.1, -0.05) is 0 Å². The molecule has 0 unspecified atom stereocenters. The Morgan fingerprint density at radius 3 is 1.79 bits per heavy atom. The fourth-order valence-electron chi connectivity index (χ4n) is 1.66. The van der Waals surface area contributed by atoms with Crippen molar-refractivity contribution in [3.8, 4) is 0 Å². The maximum atomic E-state index is 9.06. The van der Waals surface area contributed by atoms with Crippen LogP contribution < -0.4 is 0 Å². The third kappa shape index (κ3) is 6.64. The van der Waals surface area contributed by atoms with Crippen LogP contribution in [0.25, 0.3) is 0 Å². The number of hydrogen-bond donors (Lipinski definition) is 2. The molecule has 5 heteroatoms. The van der Waals surface area contributed by atoms with Gasteiger partial charge in [0.05, 0.1) is 0 Å².